The fourth-order valence-corrected chi connectivity index (χ4v) is 5.71. The lowest BCUT2D eigenvalue weighted by atomic mass is 10.1. The number of anilines is 1. The highest BCUT2D eigenvalue weighted by Gasteiger charge is 2.32. The number of thiophene rings is 1. The monoisotopic (exact) mass is 407 g/mol. The van der Waals surface area contributed by atoms with Gasteiger partial charge in [-0.05, 0) is 49.4 Å². The van der Waals surface area contributed by atoms with Gasteiger partial charge in [-0.2, -0.15) is 4.31 Å². The molecule has 146 valence electrons. The number of aryl methyl sites for hydroxylation is 2. The third kappa shape index (κ3) is 4.40. The highest BCUT2D eigenvalue weighted by Crippen LogP contribution is 2.23. The molecule has 1 aliphatic rings. The van der Waals surface area contributed by atoms with Gasteiger partial charge in [-0.3, -0.25) is 9.69 Å². The molecule has 0 aliphatic carbocycles. The molecule has 1 amide bonds. The number of nitrogens with zero attached hydrogens (tertiary/aromatic N) is 2. The molecule has 1 aliphatic heterocycles. The minimum atomic E-state index is -3.42. The van der Waals surface area contributed by atoms with Gasteiger partial charge in [0, 0.05) is 31.9 Å². The number of rotatable bonds is 5. The Balaban J connectivity index is 1.60. The molecule has 2 aromatic rings. The van der Waals surface area contributed by atoms with Crippen LogP contribution < -0.4 is 5.32 Å². The number of benzene rings is 1. The molecular formula is C19H25N3O3S2. The smallest absolute Gasteiger partial charge is 0.252 e. The van der Waals surface area contributed by atoms with E-state index in [-0.39, 0.29) is 11.9 Å². The van der Waals surface area contributed by atoms with Gasteiger partial charge in [0.2, 0.25) is 5.91 Å². The molecule has 6 nitrogen and oxygen atoms in total. The maximum atomic E-state index is 12.7. The van der Waals surface area contributed by atoms with Gasteiger partial charge in [0.25, 0.3) is 10.0 Å². The number of nitrogens with one attached hydrogen (secondary N) is 1. The lowest BCUT2D eigenvalue weighted by Gasteiger charge is -2.36. The largest absolute Gasteiger partial charge is 0.324 e. The summed E-state index contributed by atoms with van der Waals surface area (Å²) in [5, 5.41) is 4.77. The third-order valence-electron chi connectivity index (χ3n) is 4.94. The van der Waals surface area contributed by atoms with Gasteiger partial charge in [0.05, 0.1) is 6.04 Å². The van der Waals surface area contributed by atoms with Crippen LogP contribution in [0, 0.1) is 13.8 Å². The van der Waals surface area contributed by atoms with Crippen LogP contribution in [-0.4, -0.2) is 55.8 Å². The summed E-state index contributed by atoms with van der Waals surface area (Å²) < 4.78 is 27.1. The normalized spacial score (nSPS) is 17.6. The molecule has 0 radical (unpaired) electrons. The van der Waals surface area contributed by atoms with Gasteiger partial charge < -0.3 is 5.32 Å². The SMILES string of the molecule is Cc1ccc(C)c(NC(=O)C(C)N2CCN(S(=O)(=O)c3cccs3)CC2)c1. The van der Waals surface area contributed by atoms with E-state index >= 15 is 0 Å². The first-order valence-corrected chi connectivity index (χ1v) is 11.3. The average molecular weight is 408 g/mol. The van der Waals surface area contributed by atoms with Gasteiger partial charge in [-0.25, -0.2) is 8.42 Å². The van der Waals surface area contributed by atoms with E-state index in [4.69, 9.17) is 0 Å². The molecule has 0 saturated carbocycles. The minimum absolute atomic E-state index is 0.0711. The number of carbonyl (C=O) groups is 1. The second-order valence-corrected chi connectivity index (χ2v) is 9.97. The van der Waals surface area contributed by atoms with Crippen molar-refractivity contribution in [3.8, 4) is 0 Å². The molecule has 1 aromatic heterocycles. The zero-order valence-corrected chi connectivity index (χ0v) is 17.4. The van der Waals surface area contributed by atoms with Crippen LogP contribution >= 0.6 is 11.3 Å². The summed E-state index contributed by atoms with van der Waals surface area (Å²) >= 11 is 1.23. The first kappa shape index (κ1) is 20.0. The Morgan fingerprint density at radius 2 is 1.85 bits per heavy atom. The van der Waals surface area contributed by atoms with Crippen molar-refractivity contribution in [2.45, 2.75) is 31.0 Å². The number of amides is 1. The van der Waals surface area contributed by atoms with Crippen LogP contribution in [0.3, 0.4) is 0 Å². The molecule has 3 rings (SSSR count). The minimum Gasteiger partial charge on any atom is -0.324 e. The van der Waals surface area contributed by atoms with Crippen LogP contribution in [-0.2, 0) is 14.8 Å². The van der Waals surface area contributed by atoms with Crippen LogP contribution in [0.1, 0.15) is 18.1 Å². The predicted molar refractivity (Wildman–Crippen MR) is 109 cm³/mol. The van der Waals surface area contributed by atoms with Crippen molar-refractivity contribution in [2.75, 3.05) is 31.5 Å². The Bertz CT molecular complexity index is 902. The molecule has 0 bridgehead atoms. The zero-order valence-electron chi connectivity index (χ0n) is 15.8. The highest BCUT2D eigenvalue weighted by molar-refractivity contribution is 7.91. The van der Waals surface area contributed by atoms with E-state index in [0.29, 0.717) is 30.4 Å². The Kier molecular flexibility index (Phi) is 6.00. The summed E-state index contributed by atoms with van der Waals surface area (Å²) in [5.74, 6) is -0.0711. The van der Waals surface area contributed by atoms with E-state index < -0.39 is 10.0 Å². The number of hydrogen-bond acceptors (Lipinski definition) is 5. The van der Waals surface area contributed by atoms with Crippen molar-refractivity contribution < 1.29 is 13.2 Å². The third-order valence-corrected chi connectivity index (χ3v) is 8.21. The lowest BCUT2D eigenvalue weighted by Crippen LogP contribution is -2.53. The van der Waals surface area contributed by atoms with Crippen molar-refractivity contribution >= 4 is 33.0 Å². The van der Waals surface area contributed by atoms with Crippen molar-refractivity contribution in [1.82, 2.24) is 9.21 Å². The van der Waals surface area contributed by atoms with Gasteiger partial charge in [-0.1, -0.05) is 18.2 Å². The van der Waals surface area contributed by atoms with E-state index in [9.17, 15) is 13.2 Å². The van der Waals surface area contributed by atoms with Crippen LogP contribution in [0.4, 0.5) is 5.69 Å². The summed E-state index contributed by atoms with van der Waals surface area (Å²) in [7, 11) is -3.42. The van der Waals surface area contributed by atoms with Crippen molar-refractivity contribution in [2.24, 2.45) is 0 Å². The van der Waals surface area contributed by atoms with Gasteiger partial charge >= 0.3 is 0 Å². The molecule has 1 fully saturated rings. The van der Waals surface area contributed by atoms with Crippen LogP contribution in [0.25, 0.3) is 0 Å². The Hall–Kier alpha value is -1.74. The molecule has 2 heterocycles. The molecule has 1 unspecified atom stereocenters. The predicted octanol–water partition coefficient (Wildman–Crippen LogP) is 2.70. The molecule has 8 heteroatoms. The molecule has 1 aromatic carbocycles. The summed E-state index contributed by atoms with van der Waals surface area (Å²) in [6, 6.07) is 9.02. The summed E-state index contributed by atoms with van der Waals surface area (Å²) in [4.78, 5) is 14.7. The van der Waals surface area contributed by atoms with E-state index in [1.165, 1.54) is 15.6 Å². The van der Waals surface area contributed by atoms with Crippen molar-refractivity contribution in [3.63, 3.8) is 0 Å². The zero-order chi connectivity index (χ0) is 19.6. The summed E-state index contributed by atoms with van der Waals surface area (Å²) in [6.07, 6.45) is 0. The Morgan fingerprint density at radius 3 is 2.48 bits per heavy atom. The first-order valence-electron chi connectivity index (χ1n) is 8.95. The number of piperazine rings is 1. The topological polar surface area (TPSA) is 69.7 Å². The number of hydrogen-bond donors (Lipinski definition) is 1. The summed E-state index contributed by atoms with van der Waals surface area (Å²) in [6.45, 7) is 7.67. The first-order chi connectivity index (χ1) is 12.8. The number of sulfonamides is 1. The van der Waals surface area contributed by atoms with Crippen LogP contribution in [0.5, 0.6) is 0 Å². The maximum Gasteiger partial charge on any atom is 0.252 e. The Labute approximate surface area is 164 Å². The van der Waals surface area contributed by atoms with Crippen LogP contribution in [0.15, 0.2) is 39.9 Å². The lowest BCUT2D eigenvalue weighted by molar-refractivity contribution is -0.121. The van der Waals surface area contributed by atoms with E-state index in [1.54, 1.807) is 17.5 Å². The molecule has 1 saturated heterocycles. The second kappa shape index (κ2) is 8.10. The molecule has 0 spiro atoms. The molecular weight excluding hydrogens is 382 g/mol. The fourth-order valence-electron chi connectivity index (χ4n) is 3.14. The van der Waals surface area contributed by atoms with Gasteiger partial charge in [0.15, 0.2) is 0 Å². The maximum absolute atomic E-state index is 12.7. The standard InChI is InChI=1S/C19H25N3O3S2/c1-14-6-7-15(2)17(13-14)20-19(23)16(3)21-8-10-22(11-9-21)27(24,25)18-5-4-12-26-18/h4-7,12-13,16H,8-11H2,1-3H3,(H,20,23). The highest BCUT2D eigenvalue weighted by atomic mass is 32.2. The Morgan fingerprint density at radius 1 is 1.15 bits per heavy atom. The second-order valence-electron chi connectivity index (χ2n) is 6.86. The summed E-state index contributed by atoms with van der Waals surface area (Å²) in [5.41, 5.74) is 2.94. The molecule has 1 atom stereocenters. The van der Waals surface area contributed by atoms with Crippen LogP contribution in [0.2, 0.25) is 0 Å². The van der Waals surface area contributed by atoms with Gasteiger partial charge in [0.1, 0.15) is 4.21 Å². The van der Waals surface area contributed by atoms with E-state index in [1.807, 2.05) is 43.9 Å². The quantitative estimate of drug-likeness (QED) is 0.827. The fraction of sp³-hybridized carbons (Fsp3) is 0.421. The van der Waals surface area contributed by atoms with E-state index in [2.05, 4.69) is 5.32 Å². The molecule has 1 N–H and O–H groups in total. The van der Waals surface area contributed by atoms with E-state index in [0.717, 1.165) is 16.8 Å². The van der Waals surface area contributed by atoms with Gasteiger partial charge in [-0.15, -0.1) is 11.3 Å². The average Bonchev–Trinajstić information content (AvgIpc) is 3.20. The van der Waals surface area contributed by atoms with Crippen molar-refractivity contribution in [1.29, 1.82) is 0 Å². The van der Waals surface area contributed by atoms with Crippen molar-refractivity contribution in [3.05, 3.63) is 46.8 Å². The number of carbonyl (C=O) groups excluding carboxylic acids is 1. The molecule has 27 heavy (non-hydrogen) atoms.